The maximum Gasteiger partial charge on any atom is 0.123 e. The van der Waals surface area contributed by atoms with Gasteiger partial charge in [-0.25, -0.2) is 4.39 Å². The van der Waals surface area contributed by atoms with Gasteiger partial charge in [0.25, 0.3) is 0 Å². The van der Waals surface area contributed by atoms with E-state index >= 15 is 0 Å². The molecule has 0 spiro atoms. The third-order valence-corrected chi connectivity index (χ3v) is 2.91. The lowest BCUT2D eigenvalue weighted by Crippen LogP contribution is -2.49. The van der Waals surface area contributed by atoms with E-state index in [1.54, 1.807) is 12.1 Å². The molecule has 0 saturated carbocycles. The Balaban J connectivity index is 0.00000128. The minimum absolute atomic E-state index is 0. The van der Waals surface area contributed by atoms with Crippen molar-refractivity contribution in [2.75, 3.05) is 19.6 Å². The van der Waals surface area contributed by atoms with Gasteiger partial charge in [-0.3, -0.25) is 4.90 Å². The summed E-state index contributed by atoms with van der Waals surface area (Å²) in [4.78, 5) is 2.38. The summed E-state index contributed by atoms with van der Waals surface area (Å²) in [6.45, 7) is 6.14. The normalized spacial score (nSPS) is 21.5. The van der Waals surface area contributed by atoms with Crippen LogP contribution in [0.5, 0.6) is 0 Å². The largest absolute Gasteiger partial charge is 0.314 e. The molecular weight excluding hydrogens is 227 g/mol. The lowest BCUT2D eigenvalue weighted by Gasteiger charge is -2.33. The fourth-order valence-electron chi connectivity index (χ4n) is 1.99. The second kappa shape index (κ2) is 6.18. The molecule has 1 heterocycles. The maximum absolute atomic E-state index is 13.0. The molecule has 0 aliphatic carbocycles. The van der Waals surface area contributed by atoms with Gasteiger partial charge in [-0.05, 0) is 24.6 Å². The molecule has 1 saturated heterocycles. The van der Waals surface area contributed by atoms with Crippen molar-refractivity contribution in [2.24, 2.45) is 0 Å². The molecule has 1 unspecified atom stereocenters. The van der Waals surface area contributed by atoms with E-state index in [2.05, 4.69) is 17.1 Å². The summed E-state index contributed by atoms with van der Waals surface area (Å²) in [5.74, 6) is -0.143. The molecule has 1 N–H and O–H groups in total. The molecule has 1 aliphatic rings. The molecule has 0 aromatic heterocycles. The van der Waals surface area contributed by atoms with Crippen molar-refractivity contribution in [1.29, 1.82) is 0 Å². The highest BCUT2D eigenvalue weighted by atomic mass is 35.5. The predicted molar refractivity (Wildman–Crippen MR) is 66.4 cm³/mol. The summed E-state index contributed by atoms with van der Waals surface area (Å²) in [6, 6.07) is 7.40. The number of nitrogens with zero attached hydrogens (tertiary/aromatic N) is 1. The van der Waals surface area contributed by atoms with Gasteiger partial charge in [0.2, 0.25) is 0 Å². The molecule has 2 nitrogen and oxygen atoms in total. The molecule has 1 aromatic rings. The van der Waals surface area contributed by atoms with Gasteiger partial charge in [-0.1, -0.05) is 12.1 Å². The number of nitrogens with one attached hydrogen (secondary N) is 1. The van der Waals surface area contributed by atoms with E-state index in [4.69, 9.17) is 0 Å². The van der Waals surface area contributed by atoms with Gasteiger partial charge in [0.15, 0.2) is 0 Å². The fourth-order valence-corrected chi connectivity index (χ4v) is 1.99. The maximum atomic E-state index is 13.0. The van der Waals surface area contributed by atoms with Gasteiger partial charge in [0.05, 0.1) is 0 Å². The second-order valence-corrected chi connectivity index (χ2v) is 4.15. The summed E-state index contributed by atoms with van der Waals surface area (Å²) in [7, 11) is 0. The van der Waals surface area contributed by atoms with Crippen LogP contribution >= 0.6 is 12.4 Å². The van der Waals surface area contributed by atoms with Crippen LogP contribution in [0.3, 0.4) is 0 Å². The fraction of sp³-hybridized carbons (Fsp3) is 0.500. The molecule has 0 amide bonds. The van der Waals surface area contributed by atoms with Crippen molar-refractivity contribution in [3.05, 3.63) is 35.6 Å². The van der Waals surface area contributed by atoms with E-state index in [0.717, 1.165) is 31.7 Å². The van der Waals surface area contributed by atoms with E-state index in [1.165, 1.54) is 6.07 Å². The van der Waals surface area contributed by atoms with Crippen LogP contribution in [0.1, 0.15) is 12.5 Å². The second-order valence-electron chi connectivity index (χ2n) is 4.15. The molecule has 0 bridgehead atoms. The molecule has 1 aliphatic heterocycles. The van der Waals surface area contributed by atoms with Crippen molar-refractivity contribution in [3.8, 4) is 0 Å². The van der Waals surface area contributed by atoms with Crippen molar-refractivity contribution in [1.82, 2.24) is 10.2 Å². The monoisotopic (exact) mass is 244 g/mol. The number of halogens is 2. The highest BCUT2D eigenvalue weighted by Crippen LogP contribution is 2.11. The summed E-state index contributed by atoms with van der Waals surface area (Å²) < 4.78 is 13.0. The number of piperazine rings is 1. The standard InChI is InChI=1S/C12H17FN2.ClH/c1-10-8-14-5-6-15(10)9-11-3-2-4-12(13)7-11;/h2-4,7,10,14H,5-6,8-9H2,1H3;1H. The van der Waals surface area contributed by atoms with Crippen molar-refractivity contribution in [2.45, 2.75) is 19.5 Å². The van der Waals surface area contributed by atoms with Gasteiger partial charge < -0.3 is 5.32 Å². The smallest absolute Gasteiger partial charge is 0.123 e. The first kappa shape index (κ1) is 13.4. The van der Waals surface area contributed by atoms with Gasteiger partial charge in [0.1, 0.15) is 5.82 Å². The number of benzene rings is 1. The van der Waals surface area contributed by atoms with Gasteiger partial charge >= 0.3 is 0 Å². The third kappa shape index (κ3) is 3.44. The van der Waals surface area contributed by atoms with E-state index in [-0.39, 0.29) is 18.2 Å². The molecule has 1 aromatic carbocycles. The lowest BCUT2D eigenvalue weighted by molar-refractivity contribution is 0.165. The summed E-state index contributed by atoms with van der Waals surface area (Å²) in [5, 5.41) is 3.35. The minimum atomic E-state index is -0.143. The minimum Gasteiger partial charge on any atom is -0.314 e. The first-order chi connectivity index (χ1) is 7.25. The third-order valence-electron chi connectivity index (χ3n) is 2.91. The van der Waals surface area contributed by atoms with Crippen molar-refractivity contribution >= 4 is 12.4 Å². The molecule has 1 fully saturated rings. The Morgan fingerprint density at radius 2 is 2.31 bits per heavy atom. The molecule has 1 atom stereocenters. The Labute approximate surface area is 102 Å². The molecule has 16 heavy (non-hydrogen) atoms. The Morgan fingerprint density at radius 1 is 1.50 bits per heavy atom. The Hall–Kier alpha value is -0.640. The molecule has 2 rings (SSSR count). The van der Waals surface area contributed by atoms with Crippen LogP contribution in [0.2, 0.25) is 0 Å². The van der Waals surface area contributed by atoms with E-state index in [1.807, 2.05) is 6.07 Å². The Morgan fingerprint density at radius 3 is 3.00 bits per heavy atom. The van der Waals surface area contributed by atoms with Gasteiger partial charge in [-0.15, -0.1) is 12.4 Å². The first-order valence-corrected chi connectivity index (χ1v) is 5.45. The number of rotatable bonds is 2. The molecule has 4 heteroatoms. The van der Waals surface area contributed by atoms with Gasteiger partial charge in [0, 0.05) is 32.2 Å². The van der Waals surface area contributed by atoms with Crippen LogP contribution in [0.15, 0.2) is 24.3 Å². The van der Waals surface area contributed by atoms with E-state index < -0.39 is 0 Å². The van der Waals surface area contributed by atoms with Crippen LogP contribution in [0.4, 0.5) is 4.39 Å². The Kier molecular flexibility index (Phi) is 5.19. The predicted octanol–water partition coefficient (Wildman–Crippen LogP) is 2.04. The van der Waals surface area contributed by atoms with Crippen LogP contribution in [-0.4, -0.2) is 30.6 Å². The van der Waals surface area contributed by atoms with Crippen molar-refractivity contribution < 1.29 is 4.39 Å². The zero-order valence-corrected chi connectivity index (χ0v) is 10.3. The van der Waals surface area contributed by atoms with Crippen molar-refractivity contribution in [3.63, 3.8) is 0 Å². The van der Waals surface area contributed by atoms with Crippen LogP contribution in [0.25, 0.3) is 0 Å². The quantitative estimate of drug-likeness (QED) is 0.857. The van der Waals surface area contributed by atoms with Gasteiger partial charge in [-0.2, -0.15) is 0 Å². The topological polar surface area (TPSA) is 15.3 Å². The Bertz CT molecular complexity index is 333. The molecular formula is C12H18ClFN2. The summed E-state index contributed by atoms with van der Waals surface area (Å²) in [5.41, 5.74) is 1.06. The first-order valence-electron chi connectivity index (χ1n) is 5.45. The summed E-state index contributed by atoms with van der Waals surface area (Å²) in [6.07, 6.45) is 0. The lowest BCUT2D eigenvalue weighted by atomic mass is 10.1. The molecule has 0 radical (unpaired) electrons. The average Bonchev–Trinajstić information content (AvgIpc) is 2.22. The number of hydrogen-bond acceptors (Lipinski definition) is 2. The number of hydrogen-bond donors (Lipinski definition) is 1. The summed E-state index contributed by atoms with van der Waals surface area (Å²) >= 11 is 0. The average molecular weight is 245 g/mol. The van der Waals surface area contributed by atoms with Crippen LogP contribution in [0, 0.1) is 5.82 Å². The SMILES string of the molecule is CC1CNCCN1Cc1cccc(F)c1.Cl. The highest BCUT2D eigenvalue weighted by molar-refractivity contribution is 5.85. The van der Waals surface area contributed by atoms with E-state index in [0.29, 0.717) is 6.04 Å². The zero-order chi connectivity index (χ0) is 10.7. The molecule has 90 valence electrons. The van der Waals surface area contributed by atoms with E-state index in [9.17, 15) is 4.39 Å². The zero-order valence-electron chi connectivity index (χ0n) is 9.45. The van der Waals surface area contributed by atoms with Crippen LogP contribution in [-0.2, 0) is 6.54 Å². The highest BCUT2D eigenvalue weighted by Gasteiger charge is 2.17. The van der Waals surface area contributed by atoms with Crippen LogP contribution < -0.4 is 5.32 Å².